The first-order chi connectivity index (χ1) is 8.08. The van der Waals surface area contributed by atoms with Crippen molar-refractivity contribution < 1.29 is 28.2 Å². The molecule has 7 heteroatoms. The minimum absolute atomic E-state index is 0.557. The van der Waals surface area contributed by atoms with Crippen LogP contribution in [0, 0.1) is 0 Å². The number of rotatable bonds is 2. The van der Waals surface area contributed by atoms with Gasteiger partial charge in [-0.1, -0.05) is 0 Å². The van der Waals surface area contributed by atoms with Crippen LogP contribution in [0.3, 0.4) is 0 Å². The summed E-state index contributed by atoms with van der Waals surface area (Å²) in [6.07, 6.45) is -1.50. The average molecular weight is 265 g/mol. The number of likely N-dealkylation sites (tertiary alicyclic amines) is 1. The molecule has 0 aromatic rings. The van der Waals surface area contributed by atoms with Gasteiger partial charge < -0.3 is 9.84 Å². The van der Waals surface area contributed by atoms with Crippen LogP contribution in [-0.4, -0.2) is 52.6 Å². The minimum atomic E-state index is -2.31. The van der Waals surface area contributed by atoms with Crippen molar-refractivity contribution in [2.75, 3.05) is 13.2 Å². The van der Waals surface area contributed by atoms with Gasteiger partial charge in [-0.3, -0.25) is 4.90 Å². The highest BCUT2D eigenvalue weighted by Gasteiger charge is 2.50. The molecule has 1 N–H and O–H groups in total. The van der Waals surface area contributed by atoms with E-state index in [-0.39, 0.29) is 0 Å². The van der Waals surface area contributed by atoms with E-state index in [1.54, 1.807) is 20.8 Å². The summed E-state index contributed by atoms with van der Waals surface area (Å²) >= 11 is 0. The lowest BCUT2D eigenvalue weighted by Crippen LogP contribution is -2.43. The summed E-state index contributed by atoms with van der Waals surface area (Å²) in [5.41, 5.74) is -3.13. The van der Waals surface area contributed by atoms with Crippen LogP contribution in [0.25, 0.3) is 0 Å². The zero-order valence-electron chi connectivity index (χ0n) is 10.6. The lowest BCUT2D eigenvalue weighted by atomic mass is 10.0. The SMILES string of the molecule is CC(C)(C)OC(=O)N1C[C@@](F)(CF)CC1C(=O)O. The number of hydrogen-bond acceptors (Lipinski definition) is 3. The number of aliphatic carboxylic acids is 1. The van der Waals surface area contributed by atoms with Crippen molar-refractivity contribution >= 4 is 12.1 Å². The normalized spacial score (nSPS) is 28.3. The Morgan fingerprint density at radius 1 is 1.50 bits per heavy atom. The molecule has 0 spiro atoms. The second kappa shape index (κ2) is 4.70. The van der Waals surface area contributed by atoms with E-state index in [0.717, 1.165) is 4.90 Å². The summed E-state index contributed by atoms with van der Waals surface area (Å²) in [6, 6.07) is -1.39. The number of alkyl halides is 2. The molecule has 1 rings (SSSR count). The second-order valence-electron chi connectivity index (χ2n) is 5.45. The molecule has 0 bridgehead atoms. The van der Waals surface area contributed by atoms with Crippen LogP contribution < -0.4 is 0 Å². The highest BCUT2D eigenvalue weighted by atomic mass is 19.2. The van der Waals surface area contributed by atoms with E-state index in [2.05, 4.69) is 0 Å². The molecular formula is C11H17F2NO4. The van der Waals surface area contributed by atoms with E-state index in [0.29, 0.717) is 0 Å². The number of hydrogen-bond donors (Lipinski definition) is 1. The Morgan fingerprint density at radius 2 is 2.06 bits per heavy atom. The zero-order valence-corrected chi connectivity index (χ0v) is 10.6. The molecule has 1 saturated heterocycles. The van der Waals surface area contributed by atoms with Gasteiger partial charge in [0.05, 0.1) is 6.54 Å². The lowest BCUT2D eigenvalue weighted by Gasteiger charge is -2.26. The molecule has 1 fully saturated rings. The largest absolute Gasteiger partial charge is 0.480 e. The van der Waals surface area contributed by atoms with Crippen LogP contribution in [0.15, 0.2) is 0 Å². The molecule has 0 aromatic carbocycles. The third-order valence-electron chi connectivity index (χ3n) is 2.54. The van der Waals surface area contributed by atoms with Crippen molar-refractivity contribution in [2.24, 2.45) is 0 Å². The van der Waals surface area contributed by atoms with Crippen molar-refractivity contribution in [2.45, 2.75) is 44.5 Å². The summed E-state index contributed by atoms with van der Waals surface area (Å²) in [5, 5.41) is 8.92. The molecule has 1 unspecified atom stereocenters. The maximum atomic E-state index is 13.8. The number of carboxylic acid groups (broad SMARTS) is 1. The van der Waals surface area contributed by atoms with Gasteiger partial charge in [0.25, 0.3) is 0 Å². The number of carbonyl (C=O) groups is 2. The third-order valence-corrected chi connectivity index (χ3v) is 2.54. The second-order valence-corrected chi connectivity index (χ2v) is 5.45. The van der Waals surface area contributed by atoms with Crippen molar-refractivity contribution in [3.8, 4) is 0 Å². The Bertz CT molecular complexity index is 355. The first-order valence-electron chi connectivity index (χ1n) is 5.55. The quantitative estimate of drug-likeness (QED) is 0.826. The van der Waals surface area contributed by atoms with E-state index in [1.807, 2.05) is 0 Å². The Hall–Kier alpha value is -1.40. The van der Waals surface area contributed by atoms with Gasteiger partial charge in [-0.05, 0) is 20.8 Å². The topological polar surface area (TPSA) is 66.8 Å². The van der Waals surface area contributed by atoms with E-state index in [4.69, 9.17) is 9.84 Å². The number of nitrogens with zero attached hydrogens (tertiary/aromatic N) is 1. The monoisotopic (exact) mass is 265 g/mol. The van der Waals surface area contributed by atoms with Crippen LogP contribution in [0.1, 0.15) is 27.2 Å². The molecule has 18 heavy (non-hydrogen) atoms. The molecule has 0 radical (unpaired) electrons. The molecule has 1 heterocycles. The van der Waals surface area contributed by atoms with Crippen molar-refractivity contribution in [3.63, 3.8) is 0 Å². The number of ether oxygens (including phenoxy) is 1. The van der Waals surface area contributed by atoms with E-state index in [9.17, 15) is 18.4 Å². The standard InChI is InChI=1S/C11H17F2NO4/c1-10(2,3)18-9(17)14-6-11(13,5-12)4-7(14)8(15)16/h7H,4-6H2,1-3H3,(H,15,16)/t7?,11-/m0/s1. The molecular weight excluding hydrogens is 248 g/mol. The van der Waals surface area contributed by atoms with Crippen LogP contribution in [-0.2, 0) is 9.53 Å². The van der Waals surface area contributed by atoms with Crippen LogP contribution in [0.5, 0.6) is 0 Å². The molecule has 2 atom stereocenters. The summed E-state index contributed by atoms with van der Waals surface area (Å²) in [5.74, 6) is -1.37. The number of halogens is 2. The smallest absolute Gasteiger partial charge is 0.411 e. The number of amides is 1. The fourth-order valence-electron chi connectivity index (χ4n) is 1.77. The van der Waals surface area contributed by atoms with Crippen LogP contribution in [0.4, 0.5) is 13.6 Å². The first-order valence-corrected chi connectivity index (χ1v) is 5.55. The van der Waals surface area contributed by atoms with Gasteiger partial charge in [-0.15, -0.1) is 0 Å². The van der Waals surface area contributed by atoms with Crippen LogP contribution in [0.2, 0.25) is 0 Å². The highest BCUT2D eigenvalue weighted by molar-refractivity contribution is 5.81. The molecule has 104 valence electrons. The van der Waals surface area contributed by atoms with Gasteiger partial charge in [-0.25, -0.2) is 18.4 Å². The predicted octanol–water partition coefficient (Wildman–Crippen LogP) is 1.76. The fraction of sp³-hybridized carbons (Fsp3) is 0.818. The molecule has 0 aliphatic carbocycles. The lowest BCUT2D eigenvalue weighted by molar-refractivity contribution is -0.142. The maximum absolute atomic E-state index is 13.8. The third kappa shape index (κ3) is 3.30. The number of carbonyl (C=O) groups excluding carboxylic acids is 1. The van der Waals surface area contributed by atoms with Gasteiger partial charge >= 0.3 is 12.1 Å². The Kier molecular flexibility index (Phi) is 3.83. The number of carboxylic acids is 1. The van der Waals surface area contributed by atoms with E-state index in [1.165, 1.54) is 0 Å². The summed E-state index contributed by atoms with van der Waals surface area (Å²) in [4.78, 5) is 23.4. The van der Waals surface area contributed by atoms with Gasteiger partial charge in [0.15, 0.2) is 5.67 Å². The average Bonchev–Trinajstić information content (AvgIpc) is 2.55. The zero-order chi connectivity index (χ0) is 14.1. The molecule has 0 aromatic heterocycles. The fourth-order valence-corrected chi connectivity index (χ4v) is 1.77. The minimum Gasteiger partial charge on any atom is -0.480 e. The van der Waals surface area contributed by atoms with Gasteiger partial charge in [0, 0.05) is 6.42 Å². The van der Waals surface area contributed by atoms with Crippen molar-refractivity contribution in [3.05, 3.63) is 0 Å². The van der Waals surface area contributed by atoms with Gasteiger partial charge in [0.1, 0.15) is 18.3 Å². The van der Waals surface area contributed by atoms with Gasteiger partial charge in [0.2, 0.25) is 0 Å². The Balaban J connectivity index is 2.85. The first kappa shape index (κ1) is 14.7. The Labute approximate surface area is 104 Å². The molecule has 1 aliphatic heterocycles. The van der Waals surface area contributed by atoms with E-state index < -0.39 is 49.0 Å². The van der Waals surface area contributed by atoms with Crippen molar-refractivity contribution in [1.82, 2.24) is 4.90 Å². The predicted molar refractivity (Wildman–Crippen MR) is 58.8 cm³/mol. The van der Waals surface area contributed by atoms with E-state index >= 15 is 0 Å². The molecule has 0 saturated carbocycles. The summed E-state index contributed by atoms with van der Waals surface area (Å²) < 4.78 is 31.3. The molecule has 1 amide bonds. The van der Waals surface area contributed by atoms with Crippen LogP contribution >= 0.6 is 0 Å². The van der Waals surface area contributed by atoms with Crippen molar-refractivity contribution in [1.29, 1.82) is 0 Å². The summed E-state index contributed by atoms with van der Waals surface area (Å²) in [7, 11) is 0. The maximum Gasteiger partial charge on any atom is 0.411 e. The molecule has 1 aliphatic rings. The Morgan fingerprint density at radius 3 is 2.44 bits per heavy atom. The summed E-state index contributed by atoms with van der Waals surface area (Å²) in [6.45, 7) is 2.89. The highest BCUT2D eigenvalue weighted by Crippen LogP contribution is 2.32. The van der Waals surface area contributed by atoms with Gasteiger partial charge in [-0.2, -0.15) is 0 Å². The molecule has 5 nitrogen and oxygen atoms in total.